The van der Waals surface area contributed by atoms with E-state index in [-0.39, 0.29) is 0 Å². The second-order valence-corrected chi connectivity index (χ2v) is 4.23. The first-order chi connectivity index (χ1) is 5.90. The van der Waals surface area contributed by atoms with Crippen LogP contribution >= 0.6 is 11.3 Å². The number of thiazole rings is 1. The van der Waals surface area contributed by atoms with Crippen LogP contribution in [0.1, 0.15) is 36.6 Å². The molecule has 1 saturated carbocycles. The molecule has 2 rings (SSSR count). The number of nitrogens with zero attached hydrogens (tertiary/aromatic N) is 1. The molecule has 1 heterocycles. The van der Waals surface area contributed by atoms with Crippen molar-refractivity contribution < 1.29 is 4.74 Å². The van der Waals surface area contributed by atoms with Gasteiger partial charge in [-0.25, -0.2) is 4.98 Å². The van der Waals surface area contributed by atoms with E-state index >= 15 is 0 Å². The summed E-state index contributed by atoms with van der Waals surface area (Å²) in [5, 5.41) is 2.21. The van der Waals surface area contributed by atoms with Crippen LogP contribution in [0, 0.1) is 0 Å². The fraction of sp³-hybridized carbons (Fsp3) is 0.667. The second kappa shape index (κ2) is 3.44. The molecule has 0 N–H and O–H groups in total. The van der Waals surface area contributed by atoms with Crippen LogP contribution in [0.25, 0.3) is 0 Å². The van der Waals surface area contributed by atoms with E-state index in [4.69, 9.17) is 4.74 Å². The SMILES string of the molecule is COc1cnc(C2CCCC2)s1. The van der Waals surface area contributed by atoms with Gasteiger partial charge in [-0.3, -0.25) is 0 Å². The molecule has 0 spiro atoms. The largest absolute Gasteiger partial charge is 0.486 e. The molecule has 0 saturated heterocycles. The van der Waals surface area contributed by atoms with Crippen molar-refractivity contribution in [2.45, 2.75) is 31.6 Å². The van der Waals surface area contributed by atoms with Gasteiger partial charge in [0, 0.05) is 5.92 Å². The molecular formula is C9H13NOS. The van der Waals surface area contributed by atoms with Crippen molar-refractivity contribution in [2.75, 3.05) is 7.11 Å². The van der Waals surface area contributed by atoms with Gasteiger partial charge in [0.15, 0.2) is 5.06 Å². The van der Waals surface area contributed by atoms with E-state index in [2.05, 4.69) is 4.98 Å². The molecule has 1 aliphatic carbocycles. The number of ether oxygens (including phenoxy) is 1. The van der Waals surface area contributed by atoms with Gasteiger partial charge < -0.3 is 4.74 Å². The van der Waals surface area contributed by atoms with Gasteiger partial charge >= 0.3 is 0 Å². The Balaban J connectivity index is 2.11. The summed E-state index contributed by atoms with van der Waals surface area (Å²) in [6, 6.07) is 0. The molecule has 66 valence electrons. The number of methoxy groups -OCH3 is 1. The summed E-state index contributed by atoms with van der Waals surface area (Å²) in [7, 11) is 1.70. The minimum absolute atomic E-state index is 0.721. The van der Waals surface area contributed by atoms with E-state index in [0.717, 1.165) is 11.0 Å². The Hall–Kier alpha value is -0.570. The Morgan fingerprint density at radius 2 is 2.25 bits per heavy atom. The lowest BCUT2D eigenvalue weighted by atomic mass is 10.1. The molecule has 0 aromatic carbocycles. The lowest BCUT2D eigenvalue weighted by Gasteiger charge is -2.01. The van der Waals surface area contributed by atoms with E-state index in [0.29, 0.717) is 0 Å². The van der Waals surface area contributed by atoms with Crippen molar-refractivity contribution in [3.63, 3.8) is 0 Å². The lowest BCUT2D eigenvalue weighted by Crippen LogP contribution is -1.88. The Morgan fingerprint density at radius 1 is 1.50 bits per heavy atom. The van der Waals surface area contributed by atoms with Crippen molar-refractivity contribution >= 4 is 11.3 Å². The van der Waals surface area contributed by atoms with Gasteiger partial charge in [-0.1, -0.05) is 24.2 Å². The molecular weight excluding hydrogens is 170 g/mol. The molecule has 2 nitrogen and oxygen atoms in total. The third-order valence-electron chi connectivity index (χ3n) is 2.41. The predicted molar refractivity (Wildman–Crippen MR) is 49.9 cm³/mol. The van der Waals surface area contributed by atoms with Gasteiger partial charge in [0.25, 0.3) is 0 Å². The molecule has 0 unspecified atom stereocenters. The smallest absolute Gasteiger partial charge is 0.193 e. The Bertz CT molecular complexity index is 253. The number of hydrogen-bond donors (Lipinski definition) is 0. The zero-order valence-corrected chi connectivity index (χ0v) is 8.06. The maximum Gasteiger partial charge on any atom is 0.193 e. The summed E-state index contributed by atoms with van der Waals surface area (Å²) in [6.45, 7) is 0. The Morgan fingerprint density at radius 3 is 2.83 bits per heavy atom. The molecule has 1 fully saturated rings. The zero-order chi connectivity index (χ0) is 8.39. The minimum Gasteiger partial charge on any atom is -0.486 e. The normalized spacial score (nSPS) is 18.4. The summed E-state index contributed by atoms with van der Waals surface area (Å²) in [5.41, 5.74) is 0. The van der Waals surface area contributed by atoms with E-state index < -0.39 is 0 Å². The average molecular weight is 183 g/mol. The first kappa shape index (κ1) is 8.05. The topological polar surface area (TPSA) is 22.1 Å². The van der Waals surface area contributed by atoms with E-state index in [9.17, 15) is 0 Å². The minimum atomic E-state index is 0.721. The highest BCUT2D eigenvalue weighted by Crippen LogP contribution is 2.37. The van der Waals surface area contributed by atoms with Gasteiger partial charge in [0.05, 0.1) is 18.3 Å². The van der Waals surface area contributed by atoms with Gasteiger partial charge in [0.1, 0.15) is 0 Å². The first-order valence-electron chi connectivity index (χ1n) is 4.40. The summed E-state index contributed by atoms with van der Waals surface area (Å²) in [6.07, 6.45) is 7.20. The highest BCUT2D eigenvalue weighted by atomic mass is 32.1. The third kappa shape index (κ3) is 1.46. The van der Waals surface area contributed by atoms with Crippen LogP contribution in [-0.4, -0.2) is 12.1 Å². The molecule has 1 aliphatic rings. The molecule has 1 aromatic heterocycles. The van der Waals surface area contributed by atoms with Gasteiger partial charge in [-0.05, 0) is 12.8 Å². The molecule has 1 aromatic rings. The Labute approximate surface area is 76.6 Å². The third-order valence-corrected chi connectivity index (χ3v) is 3.53. The summed E-state index contributed by atoms with van der Waals surface area (Å²) in [5.74, 6) is 0.721. The van der Waals surface area contributed by atoms with Crippen molar-refractivity contribution in [3.05, 3.63) is 11.2 Å². The highest BCUT2D eigenvalue weighted by molar-refractivity contribution is 7.13. The van der Waals surface area contributed by atoms with Gasteiger partial charge in [-0.15, -0.1) is 0 Å². The molecule has 0 bridgehead atoms. The van der Waals surface area contributed by atoms with E-state index in [1.807, 2.05) is 6.20 Å². The monoisotopic (exact) mass is 183 g/mol. The van der Waals surface area contributed by atoms with Crippen LogP contribution < -0.4 is 4.74 Å². The summed E-state index contributed by atoms with van der Waals surface area (Å²) >= 11 is 1.70. The van der Waals surface area contributed by atoms with Crippen molar-refractivity contribution in [3.8, 4) is 5.06 Å². The van der Waals surface area contributed by atoms with Crippen LogP contribution in [0.3, 0.4) is 0 Å². The predicted octanol–water partition coefficient (Wildman–Crippen LogP) is 2.81. The fourth-order valence-electron chi connectivity index (χ4n) is 1.73. The maximum atomic E-state index is 5.11. The molecule has 12 heavy (non-hydrogen) atoms. The molecule has 0 aliphatic heterocycles. The van der Waals surface area contributed by atoms with Gasteiger partial charge in [-0.2, -0.15) is 0 Å². The number of hydrogen-bond acceptors (Lipinski definition) is 3. The number of rotatable bonds is 2. The average Bonchev–Trinajstić information content (AvgIpc) is 2.75. The van der Waals surface area contributed by atoms with Crippen LogP contribution in [-0.2, 0) is 0 Å². The fourth-order valence-corrected chi connectivity index (χ4v) is 2.63. The number of aromatic nitrogens is 1. The molecule has 0 radical (unpaired) electrons. The standard InChI is InChI=1S/C9H13NOS/c1-11-8-6-10-9(12-8)7-4-2-3-5-7/h6-7H,2-5H2,1H3. The van der Waals surface area contributed by atoms with E-state index in [1.54, 1.807) is 18.4 Å². The van der Waals surface area contributed by atoms with Crippen LogP contribution in [0.15, 0.2) is 6.20 Å². The van der Waals surface area contributed by atoms with Crippen LogP contribution in [0.2, 0.25) is 0 Å². The summed E-state index contributed by atoms with van der Waals surface area (Å²) < 4.78 is 5.11. The zero-order valence-electron chi connectivity index (χ0n) is 7.25. The van der Waals surface area contributed by atoms with E-state index in [1.165, 1.54) is 30.7 Å². The Kier molecular flexibility index (Phi) is 2.30. The van der Waals surface area contributed by atoms with Crippen molar-refractivity contribution in [2.24, 2.45) is 0 Å². The molecule has 0 atom stereocenters. The molecule has 0 amide bonds. The van der Waals surface area contributed by atoms with Crippen LogP contribution in [0.4, 0.5) is 0 Å². The highest BCUT2D eigenvalue weighted by Gasteiger charge is 2.20. The van der Waals surface area contributed by atoms with Gasteiger partial charge in [0.2, 0.25) is 0 Å². The second-order valence-electron chi connectivity index (χ2n) is 3.20. The first-order valence-corrected chi connectivity index (χ1v) is 5.21. The quantitative estimate of drug-likeness (QED) is 0.703. The molecule has 3 heteroatoms. The lowest BCUT2D eigenvalue weighted by molar-refractivity contribution is 0.426. The van der Waals surface area contributed by atoms with Crippen molar-refractivity contribution in [1.82, 2.24) is 4.98 Å². The summed E-state index contributed by atoms with van der Waals surface area (Å²) in [4.78, 5) is 4.36. The van der Waals surface area contributed by atoms with Crippen molar-refractivity contribution in [1.29, 1.82) is 0 Å². The maximum absolute atomic E-state index is 5.11. The van der Waals surface area contributed by atoms with Crippen LogP contribution in [0.5, 0.6) is 5.06 Å².